The number of hydrogen-bond donors (Lipinski definition) is 1. The molecule has 1 fully saturated rings. The molecular weight excluding hydrogens is 274 g/mol. The van der Waals surface area contributed by atoms with Crippen LogP contribution in [-0.4, -0.2) is 31.9 Å². The Morgan fingerprint density at radius 1 is 1.25 bits per heavy atom. The molecule has 5 nitrogen and oxygen atoms in total. The number of benzene rings is 1. The number of nitrogens with zero attached hydrogens (tertiary/aromatic N) is 2. The molecule has 2 aliphatic rings. The molecule has 1 atom stereocenters. The molecule has 3 rings (SSSR count). The van der Waals surface area contributed by atoms with Crippen molar-refractivity contribution in [2.45, 2.75) is 38.6 Å². The van der Waals surface area contributed by atoms with Crippen molar-refractivity contribution in [2.75, 3.05) is 23.1 Å². The fraction of sp³-hybridized carbons (Fsp3) is 0.571. The topological polar surface area (TPSA) is 66.6 Å². The molecule has 2 heterocycles. The van der Waals surface area contributed by atoms with E-state index in [9.17, 15) is 8.42 Å². The van der Waals surface area contributed by atoms with E-state index in [2.05, 4.69) is 0 Å². The normalized spacial score (nSPS) is 23.9. The van der Waals surface area contributed by atoms with Crippen molar-refractivity contribution in [3.05, 3.63) is 23.8 Å². The van der Waals surface area contributed by atoms with Gasteiger partial charge in [0.05, 0.1) is 5.69 Å². The van der Waals surface area contributed by atoms with Gasteiger partial charge in [-0.1, -0.05) is 12.5 Å². The lowest BCUT2D eigenvalue weighted by atomic mass is 10.1. The molecule has 1 unspecified atom stereocenters. The van der Waals surface area contributed by atoms with Gasteiger partial charge < -0.3 is 5.73 Å². The maximum absolute atomic E-state index is 12.9. The molecule has 0 spiro atoms. The van der Waals surface area contributed by atoms with Crippen LogP contribution in [0, 0.1) is 0 Å². The van der Waals surface area contributed by atoms with E-state index in [1.54, 1.807) is 4.31 Å². The summed E-state index contributed by atoms with van der Waals surface area (Å²) in [4.78, 5) is 0. The molecule has 110 valence electrons. The van der Waals surface area contributed by atoms with Gasteiger partial charge in [0, 0.05) is 30.4 Å². The second-order valence-corrected chi connectivity index (χ2v) is 7.44. The van der Waals surface area contributed by atoms with Crippen LogP contribution in [0.5, 0.6) is 0 Å². The molecule has 0 bridgehead atoms. The monoisotopic (exact) mass is 295 g/mol. The van der Waals surface area contributed by atoms with Crippen molar-refractivity contribution < 1.29 is 8.42 Å². The van der Waals surface area contributed by atoms with Gasteiger partial charge >= 0.3 is 10.2 Å². The van der Waals surface area contributed by atoms with Gasteiger partial charge in [-0.15, -0.1) is 0 Å². The van der Waals surface area contributed by atoms with E-state index in [1.807, 2.05) is 25.1 Å². The third-order valence-corrected chi connectivity index (χ3v) is 6.41. The van der Waals surface area contributed by atoms with E-state index in [1.165, 1.54) is 4.31 Å². The number of nitrogen functional groups attached to an aromatic ring is 1. The minimum Gasteiger partial charge on any atom is -0.398 e. The third-order valence-electron chi connectivity index (χ3n) is 4.34. The number of piperidine rings is 1. The molecule has 0 saturated carbocycles. The third kappa shape index (κ3) is 2.07. The van der Waals surface area contributed by atoms with Gasteiger partial charge in [-0.25, -0.2) is 0 Å². The summed E-state index contributed by atoms with van der Waals surface area (Å²) in [5.74, 6) is 0. The molecule has 0 aromatic heterocycles. The van der Waals surface area contributed by atoms with Crippen LogP contribution in [-0.2, 0) is 16.6 Å². The number of fused-ring (bicyclic) bond motifs is 1. The van der Waals surface area contributed by atoms with Crippen LogP contribution < -0.4 is 10.0 Å². The zero-order chi connectivity index (χ0) is 14.3. The van der Waals surface area contributed by atoms with E-state index >= 15 is 0 Å². The Morgan fingerprint density at radius 2 is 2.05 bits per heavy atom. The highest BCUT2D eigenvalue weighted by atomic mass is 32.2. The first kappa shape index (κ1) is 13.7. The van der Waals surface area contributed by atoms with Crippen molar-refractivity contribution in [1.29, 1.82) is 0 Å². The largest absolute Gasteiger partial charge is 0.398 e. The summed E-state index contributed by atoms with van der Waals surface area (Å²) in [6, 6.07) is 5.59. The van der Waals surface area contributed by atoms with Gasteiger partial charge in [0.15, 0.2) is 0 Å². The average Bonchev–Trinajstić information content (AvgIpc) is 2.85. The van der Waals surface area contributed by atoms with E-state index in [-0.39, 0.29) is 6.04 Å². The smallest absolute Gasteiger partial charge is 0.304 e. The van der Waals surface area contributed by atoms with Gasteiger partial charge in [-0.2, -0.15) is 12.7 Å². The first-order valence-electron chi connectivity index (χ1n) is 7.18. The lowest BCUT2D eigenvalue weighted by Gasteiger charge is -2.35. The van der Waals surface area contributed by atoms with Gasteiger partial charge in [0.2, 0.25) is 0 Å². The Morgan fingerprint density at radius 3 is 2.80 bits per heavy atom. The molecule has 2 N–H and O–H groups in total. The van der Waals surface area contributed by atoms with E-state index in [0.29, 0.717) is 25.2 Å². The van der Waals surface area contributed by atoms with Crippen molar-refractivity contribution in [3.8, 4) is 0 Å². The zero-order valence-electron chi connectivity index (χ0n) is 11.7. The molecule has 0 aliphatic carbocycles. The van der Waals surface area contributed by atoms with Crippen LogP contribution in [0.25, 0.3) is 0 Å². The molecule has 1 aromatic rings. The van der Waals surface area contributed by atoms with E-state index in [0.717, 1.165) is 30.5 Å². The Kier molecular flexibility index (Phi) is 3.38. The number of rotatable bonds is 2. The maximum Gasteiger partial charge on any atom is 0.304 e. The van der Waals surface area contributed by atoms with Gasteiger partial charge in [-0.05, 0) is 38.3 Å². The minimum atomic E-state index is -3.43. The van der Waals surface area contributed by atoms with Crippen LogP contribution in [0.1, 0.15) is 31.7 Å². The van der Waals surface area contributed by atoms with Crippen LogP contribution in [0.2, 0.25) is 0 Å². The van der Waals surface area contributed by atoms with Crippen molar-refractivity contribution in [2.24, 2.45) is 0 Å². The quantitative estimate of drug-likeness (QED) is 0.845. The Hall–Kier alpha value is -1.27. The van der Waals surface area contributed by atoms with E-state index < -0.39 is 10.2 Å². The van der Waals surface area contributed by atoms with Crippen molar-refractivity contribution >= 4 is 21.6 Å². The Balaban J connectivity index is 1.96. The maximum atomic E-state index is 12.9. The highest BCUT2D eigenvalue weighted by Gasteiger charge is 2.38. The molecule has 1 aromatic carbocycles. The van der Waals surface area contributed by atoms with Crippen LogP contribution in [0.15, 0.2) is 18.2 Å². The van der Waals surface area contributed by atoms with Gasteiger partial charge in [0.1, 0.15) is 0 Å². The number of hydrogen-bond acceptors (Lipinski definition) is 3. The van der Waals surface area contributed by atoms with E-state index in [4.69, 9.17) is 5.73 Å². The molecular formula is C14H21N3O2S. The second kappa shape index (κ2) is 4.93. The van der Waals surface area contributed by atoms with Crippen LogP contribution in [0.4, 0.5) is 11.4 Å². The molecule has 0 radical (unpaired) electrons. The minimum absolute atomic E-state index is 0.0823. The predicted octanol–water partition coefficient (Wildman–Crippen LogP) is 1.75. The number of nitrogens with two attached hydrogens (primary N) is 1. The fourth-order valence-corrected chi connectivity index (χ4v) is 5.13. The second-order valence-electron chi connectivity index (χ2n) is 5.63. The van der Waals surface area contributed by atoms with Crippen molar-refractivity contribution in [3.63, 3.8) is 0 Å². The first-order valence-corrected chi connectivity index (χ1v) is 8.58. The Bertz CT molecular complexity index is 615. The van der Waals surface area contributed by atoms with Crippen LogP contribution >= 0.6 is 0 Å². The molecule has 0 amide bonds. The van der Waals surface area contributed by atoms with Crippen LogP contribution in [0.3, 0.4) is 0 Å². The summed E-state index contributed by atoms with van der Waals surface area (Å²) in [5, 5.41) is 0. The summed E-state index contributed by atoms with van der Waals surface area (Å²) in [7, 11) is -3.43. The molecule has 2 aliphatic heterocycles. The summed E-state index contributed by atoms with van der Waals surface area (Å²) < 4.78 is 28.9. The highest BCUT2D eigenvalue weighted by Crippen LogP contribution is 2.36. The van der Waals surface area contributed by atoms with Gasteiger partial charge in [-0.3, -0.25) is 4.31 Å². The van der Waals surface area contributed by atoms with Crippen molar-refractivity contribution in [1.82, 2.24) is 4.31 Å². The number of anilines is 2. The van der Waals surface area contributed by atoms with Gasteiger partial charge in [0.25, 0.3) is 0 Å². The lowest BCUT2D eigenvalue weighted by molar-refractivity contribution is 0.268. The lowest BCUT2D eigenvalue weighted by Crippen LogP contribution is -2.49. The molecule has 20 heavy (non-hydrogen) atoms. The molecule has 6 heteroatoms. The predicted molar refractivity (Wildman–Crippen MR) is 80.8 cm³/mol. The fourth-order valence-electron chi connectivity index (χ4n) is 3.21. The summed E-state index contributed by atoms with van der Waals surface area (Å²) in [6.45, 7) is 3.11. The summed E-state index contributed by atoms with van der Waals surface area (Å²) in [6.07, 6.45) is 3.69. The molecule has 1 saturated heterocycles. The summed E-state index contributed by atoms with van der Waals surface area (Å²) >= 11 is 0. The highest BCUT2D eigenvalue weighted by molar-refractivity contribution is 7.90. The first-order chi connectivity index (χ1) is 9.51. The SMILES string of the molecule is CC1CCCCN1S(=O)(=O)N1CCc2c(N)cccc21. The summed E-state index contributed by atoms with van der Waals surface area (Å²) in [5.41, 5.74) is 8.35. The zero-order valence-corrected chi connectivity index (χ0v) is 12.6. The average molecular weight is 295 g/mol. The Labute approximate surface area is 120 Å². The standard InChI is InChI=1S/C14H21N3O2S/c1-11-5-2-3-9-16(11)20(18,19)17-10-8-12-13(15)6-4-7-14(12)17/h4,6-7,11H,2-3,5,8-10,15H2,1H3.